The van der Waals surface area contributed by atoms with Crippen LogP contribution in [0.1, 0.15) is 23.1 Å². The normalized spacial score (nSPS) is 16.2. The van der Waals surface area contributed by atoms with E-state index in [9.17, 15) is 0 Å². The molecule has 0 spiro atoms. The highest BCUT2D eigenvalue weighted by Gasteiger charge is 2.18. The number of aliphatic imine (C=N–C) groups is 1. The fourth-order valence-electron chi connectivity index (χ4n) is 3.08. The molecule has 0 saturated carbocycles. The Bertz CT molecular complexity index is 793. The fourth-order valence-corrected chi connectivity index (χ4v) is 3.20. The number of benzene rings is 2. The standard InChI is InChI=1S/C22H28ClN3O2.HI/c1-16-3-6-18(21(13-16)28-20-10-12-27-15-20)14-26-22(24-2)25-11-9-17-4-7-19(23)8-5-17;/h3-8,13,20H,9-12,14-15H2,1-2H3,(H2,24,25,26);1H. The molecule has 0 bridgehead atoms. The summed E-state index contributed by atoms with van der Waals surface area (Å²) >= 11 is 5.93. The number of nitrogens with one attached hydrogen (secondary N) is 2. The van der Waals surface area contributed by atoms with E-state index in [1.807, 2.05) is 24.3 Å². The fraction of sp³-hybridized carbons (Fsp3) is 0.409. The smallest absolute Gasteiger partial charge is 0.191 e. The van der Waals surface area contributed by atoms with Crippen molar-refractivity contribution in [3.05, 3.63) is 64.2 Å². The Morgan fingerprint density at radius 1 is 1.21 bits per heavy atom. The monoisotopic (exact) mass is 529 g/mol. The first-order valence-corrected chi connectivity index (χ1v) is 10.0. The third-order valence-electron chi connectivity index (χ3n) is 4.69. The summed E-state index contributed by atoms with van der Waals surface area (Å²) < 4.78 is 11.6. The van der Waals surface area contributed by atoms with Gasteiger partial charge in [-0.2, -0.15) is 0 Å². The molecule has 2 aromatic rings. The first kappa shape index (κ1) is 23.8. The molecule has 1 atom stereocenters. The number of rotatable bonds is 7. The van der Waals surface area contributed by atoms with Gasteiger partial charge in [0.25, 0.3) is 0 Å². The number of hydrogen-bond acceptors (Lipinski definition) is 3. The maximum atomic E-state index is 6.17. The van der Waals surface area contributed by atoms with E-state index >= 15 is 0 Å². The highest BCUT2D eigenvalue weighted by molar-refractivity contribution is 14.0. The van der Waals surface area contributed by atoms with Gasteiger partial charge in [0, 0.05) is 37.1 Å². The second-order valence-corrected chi connectivity index (χ2v) is 7.38. The van der Waals surface area contributed by atoms with Crippen molar-refractivity contribution in [2.45, 2.75) is 32.4 Å². The lowest BCUT2D eigenvalue weighted by Gasteiger charge is -2.18. The van der Waals surface area contributed by atoms with E-state index in [0.717, 1.165) is 48.3 Å². The number of guanidine groups is 1. The van der Waals surface area contributed by atoms with E-state index in [2.05, 4.69) is 40.7 Å². The molecule has 2 aromatic carbocycles. The van der Waals surface area contributed by atoms with E-state index in [0.29, 0.717) is 13.2 Å². The Hall–Kier alpha value is -1.51. The molecule has 1 heterocycles. The third-order valence-corrected chi connectivity index (χ3v) is 4.95. The lowest BCUT2D eigenvalue weighted by atomic mass is 10.1. The molecule has 0 aromatic heterocycles. The summed E-state index contributed by atoms with van der Waals surface area (Å²) in [6.07, 6.45) is 1.98. The molecule has 1 unspecified atom stereocenters. The Balaban J connectivity index is 0.00000300. The zero-order valence-electron chi connectivity index (χ0n) is 16.9. The molecule has 1 aliphatic rings. The minimum atomic E-state index is 0. The van der Waals surface area contributed by atoms with Gasteiger partial charge in [-0.25, -0.2) is 0 Å². The van der Waals surface area contributed by atoms with Gasteiger partial charge in [0.2, 0.25) is 0 Å². The summed E-state index contributed by atoms with van der Waals surface area (Å²) in [5.74, 6) is 1.68. The van der Waals surface area contributed by atoms with Crippen molar-refractivity contribution in [3.63, 3.8) is 0 Å². The highest BCUT2D eigenvalue weighted by Crippen LogP contribution is 2.23. The predicted molar refractivity (Wildman–Crippen MR) is 130 cm³/mol. The van der Waals surface area contributed by atoms with Crippen molar-refractivity contribution in [2.24, 2.45) is 4.99 Å². The van der Waals surface area contributed by atoms with Gasteiger partial charge in [-0.1, -0.05) is 35.9 Å². The average Bonchev–Trinajstić information content (AvgIpc) is 3.20. The van der Waals surface area contributed by atoms with Crippen molar-refractivity contribution < 1.29 is 9.47 Å². The molecule has 158 valence electrons. The molecule has 1 aliphatic heterocycles. The van der Waals surface area contributed by atoms with Gasteiger partial charge in [0.1, 0.15) is 11.9 Å². The Morgan fingerprint density at radius 2 is 2.00 bits per heavy atom. The van der Waals surface area contributed by atoms with Gasteiger partial charge in [-0.3, -0.25) is 4.99 Å². The second-order valence-electron chi connectivity index (χ2n) is 6.94. The quantitative estimate of drug-likeness (QED) is 0.318. The largest absolute Gasteiger partial charge is 0.488 e. The second kappa shape index (κ2) is 12.2. The summed E-state index contributed by atoms with van der Waals surface area (Å²) in [4.78, 5) is 4.31. The molecule has 0 aliphatic carbocycles. The van der Waals surface area contributed by atoms with Gasteiger partial charge in [0.15, 0.2) is 5.96 Å². The lowest BCUT2D eigenvalue weighted by molar-refractivity contribution is 0.140. The summed E-state index contributed by atoms with van der Waals surface area (Å²) in [5.41, 5.74) is 3.53. The summed E-state index contributed by atoms with van der Waals surface area (Å²) in [7, 11) is 1.78. The van der Waals surface area contributed by atoms with Crippen LogP contribution in [-0.2, 0) is 17.7 Å². The molecular weight excluding hydrogens is 501 g/mol. The number of ether oxygens (including phenoxy) is 2. The lowest BCUT2D eigenvalue weighted by Crippen LogP contribution is -2.38. The van der Waals surface area contributed by atoms with Crippen LogP contribution < -0.4 is 15.4 Å². The van der Waals surface area contributed by atoms with Crippen molar-refractivity contribution in [1.82, 2.24) is 10.6 Å². The molecule has 1 saturated heterocycles. The molecule has 7 heteroatoms. The van der Waals surface area contributed by atoms with E-state index in [1.165, 1.54) is 11.1 Å². The minimum absolute atomic E-state index is 0. The molecular formula is C22H29ClIN3O2. The summed E-state index contributed by atoms with van der Waals surface area (Å²) in [6.45, 7) is 4.94. The number of halogens is 2. The van der Waals surface area contributed by atoms with E-state index in [1.54, 1.807) is 7.05 Å². The molecule has 5 nitrogen and oxygen atoms in total. The Kier molecular flexibility index (Phi) is 10.0. The predicted octanol–water partition coefficient (Wildman–Crippen LogP) is 4.34. The van der Waals surface area contributed by atoms with Crippen molar-refractivity contribution in [3.8, 4) is 5.75 Å². The number of aryl methyl sites for hydroxylation is 1. The van der Waals surface area contributed by atoms with Crippen LogP contribution in [0, 0.1) is 6.92 Å². The third kappa shape index (κ3) is 7.68. The van der Waals surface area contributed by atoms with Gasteiger partial charge >= 0.3 is 0 Å². The Labute approximate surface area is 195 Å². The van der Waals surface area contributed by atoms with Crippen molar-refractivity contribution in [2.75, 3.05) is 26.8 Å². The van der Waals surface area contributed by atoms with E-state index in [-0.39, 0.29) is 30.1 Å². The molecule has 3 rings (SSSR count). The first-order chi connectivity index (χ1) is 13.6. The van der Waals surface area contributed by atoms with Crippen LogP contribution in [0.15, 0.2) is 47.5 Å². The van der Waals surface area contributed by atoms with Crippen LogP contribution in [0.2, 0.25) is 5.02 Å². The average molecular weight is 530 g/mol. The van der Waals surface area contributed by atoms with Crippen LogP contribution in [0.5, 0.6) is 5.75 Å². The van der Waals surface area contributed by atoms with Crippen molar-refractivity contribution in [1.29, 1.82) is 0 Å². The number of nitrogens with zero attached hydrogens (tertiary/aromatic N) is 1. The van der Waals surface area contributed by atoms with E-state index in [4.69, 9.17) is 21.1 Å². The Morgan fingerprint density at radius 3 is 2.69 bits per heavy atom. The molecule has 0 radical (unpaired) electrons. The van der Waals surface area contributed by atoms with Crippen LogP contribution >= 0.6 is 35.6 Å². The molecule has 0 amide bonds. The van der Waals surface area contributed by atoms with Gasteiger partial charge in [-0.15, -0.1) is 24.0 Å². The minimum Gasteiger partial charge on any atom is -0.488 e. The van der Waals surface area contributed by atoms with Gasteiger partial charge in [-0.05, 0) is 42.7 Å². The van der Waals surface area contributed by atoms with Crippen LogP contribution in [-0.4, -0.2) is 38.9 Å². The first-order valence-electron chi connectivity index (χ1n) is 9.67. The van der Waals surface area contributed by atoms with Gasteiger partial charge < -0.3 is 20.1 Å². The van der Waals surface area contributed by atoms with Crippen LogP contribution in [0.4, 0.5) is 0 Å². The van der Waals surface area contributed by atoms with E-state index < -0.39 is 0 Å². The maximum absolute atomic E-state index is 6.17. The highest BCUT2D eigenvalue weighted by atomic mass is 127. The maximum Gasteiger partial charge on any atom is 0.191 e. The van der Waals surface area contributed by atoms with Crippen LogP contribution in [0.3, 0.4) is 0 Å². The molecule has 29 heavy (non-hydrogen) atoms. The van der Waals surface area contributed by atoms with Crippen molar-refractivity contribution >= 4 is 41.5 Å². The number of hydrogen-bond donors (Lipinski definition) is 2. The summed E-state index contributed by atoms with van der Waals surface area (Å²) in [5, 5.41) is 7.48. The van der Waals surface area contributed by atoms with Gasteiger partial charge in [0.05, 0.1) is 13.2 Å². The topological polar surface area (TPSA) is 54.9 Å². The SMILES string of the molecule is CN=C(NCCc1ccc(Cl)cc1)NCc1ccc(C)cc1OC1CCOC1.I. The molecule has 2 N–H and O–H groups in total. The summed E-state index contributed by atoms with van der Waals surface area (Å²) in [6, 6.07) is 14.2. The molecule has 1 fully saturated rings. The van der Waals surface area contributed by atoms with Crippen LogP contribution in [0.25, 0.3) is 0 Å². The zero-order chi connectivity index (χ0) is 19.8. The zero-order valence-corrected chi connectivity index (χ0v) is 20.0.